The van der Waals surface area contributed by atoms with Gasteiger partial charge in [-0.2, -0.15) is 61.2 Å². The molecule has 36 heteroatoms. The number of hydrogen-bond acceptors (Lipinski definition) is 24. The van der Waals surface area contributed by atoms with Gasteiger partial charge in [0.15, 0.2) is 0 Å². The topological polar surface area (TPSA) is 425 Å². The molecule has 2 unspecified atom stereocenters. The van der Waals surface area contributed by atoms with E-state index in [0.717, 1.165) is 152 Å². The van der Waals surface area contributed by atoms with Crippen molar-refractivity contribution in [2.24, 2.45) is 5.92 Å². The van der Waals surface area contributed by atoms with E-state index in [-0.39, 0.29) is 52.0 Å². The van der Waals surface area contributed by atoms with Crippen molar-refractivity contribution in [3.8, 4) is 90.1 Å². The van der Waals surface area contributed by atoms with Crippen LogP contribution in [0.2, 0.25) is 0 Å². The summed E-state index contributed by atoms with van der Waals surface area (Å²) in [5, 5.41) is 129. The molecule has 16 rings (SSSR count). The second-order valence-corrected chi connectivity index (χ2v) is 30.1. The van der Waals surface area contributed by atoms with E-state index in [9.17, 15) is 35.7 Å². The summed E-state index contributed by atoms with van der Waals surface area (Å²) in [4.78, 5) is 19.6. The minimum Gasteiger partial charge on any atom is -0.396 e. The fraction of sp³-hybridized carbons (Fsp3) is 0.422. The van der Waals surface area contributed by atoms with E-state index in [2.05, 4.69) is 117 Å². The molecule has 16 aromatic heterocycles. The highest BCUT2D eigenvalue weighted by Gasteiger charge is 2.25. The normalized spacial score (nSPS) is 13.2. The molecule has 16 aromatic rings. The maximum atomic E-state index is 10.1. The first kappa shape index (κ1) is 84.7. The number of nitrogens with zero attached hydrogens (tertiary/aromatic N) is 28. The highest BCUT2D eigenvalue weighted by Crippen LogP contribution is 2.34. The molecule has 0 amide bonds. The van der Waals surface area contributed by atoms with Crippen LogP contribution in [0.4, 0.5) is 0 Å². The molecular formula is C83H106N28O8. The molecule has 0 saturated carbocycles. The maximum Gasteiger partial charge on any atom is 0.104 e. The van der Waals surface area contributed by atoms with Crippen molar-refractivity contribution >= 4 is 22.1 Å². The molecule has 626 valence electrons. The fourth-order valence-corrected chi connectivity index (χ4v) is 14.2. The van der Waals surface area contributed by atoms with Crippen LogP contribution in [-0.2, 0) is 26.2 Å². The Labute approximate surface area is 686 Å². The number of aromatic nitrogens is 28. The van der Waals surface area contributed by atoms with Crippen LogP contribution < -0.4 is 0 Å². The zero-order chi connectivity index (χ0) is 84.0. The van der Waals surface area contributed by atoms with Gasteiger partial charge in [-0.3, -0.25) is 37.5 Å². The molecule has 36 nitrogen and oxygen atoms in total. The fourth-order valence-electron chi connectivity index (χ4n) is 14.2. The van der Waals surface area contributed by atoms with Gasteiger partial charge in [0.05, 0.1) is 242 Å². The number of aliphatic hydroxyl groups is 8. The lowest BCUT2D eigenvalue weighted by molar-refractivity contribution is -0.0145. The molecular weight excluding hydrogens is 1520 g/mol. The zero-order valence-electron chi connectivity index (χ0n) is 68.7. The van der Waals surface area contributed by atoms with Crippen molar-refractivity contribution in [3.63, 3.8) is 0 Å². The van der Waals surface area contributed by atoms with Crippen LogP contribution in [0.5, 0.6) is 0 Å². The summed E-state index contributed by atoms with van der Waals surface area (Å²) in [5.41, 5.74) is 15.5. The Morgan fingerprint density at radius 1 is 0.328 bits per heavy atom. The molecule has 0 fully saturated rings. The summed E-state index contributed by atoms with van der Waals surface area (Å²) in [6, 6.07) is 9.20. The lowest BCUT2D eigenvalue weighted by atomic mass is 10.1. The van der Waals surface area contributed by atoms with Crippen LogP contribution in [0, 0.1) is 5.92 Å². The highest BCUT2D eigenvalue weighted by molar-refractivity contribution is 5.81. The predicted octanol–water partition coefficient (Wildman–Crippen LogP) is 9.71. The van der Waals surface area contributed by atoms with Gasteiger partial charge < -0.3 is 40.9 Å². The van der Waals surface area contributed by atoms with E-state index in [1.165, 1.54) is 0 Å². The Morgan fingerprint density at radius 2 is 0.605 bits per heavy atom. The van der Waals surface area contributed by atoms with Gasteiger partial charge in [-0.05, 0) is 89.5 Å². The molecule has 0 aromatic carbocycles. The Bertz CT molecular complexity index is 5710. The first-order valence-electron chi connectivity index (χ1n) is 40.6. The molecule has 0 spiro atoms. The monoisotopic (exact) mass is 1620 g/mol. The number of fused-ring (bicyclic) bond motifs is 4. The summed E-state index contributed by atoms with van der Waals surface area (Å²) in [7, 11) is 0. The molecule has 4 atom stereocenters. The van der Waals surface area contributed by atoms with Crippen molar-refractivity contribution in [3.05, 3.63) is 173 Å². The first-order chi connectivity index (χ1) is 57.7. The van der Waals surface area contributed by atoms with Crippen molar-refractivity contribution in [1.29, 1.82) is 0 Å². The second kappa shape index (κ2) is 38.5. The van der Waals surface area contributed by atoms with E-state index >= 15 is 0 Å². The molecule has 8 N–H and O–H groups in total. The molecule has 16 heterocycles. The average molecular weight is 1620 g/mol. The third-order valence-electron chi connectivity index (χ3n) is 21.4. The number of rotatable bonds is 33. The van der Waals surface area contributed by atoms with Crippen LogP contribution in [0.25, 0.3) is 112 Å². The third kappa shape index (κ3) is 19.5. The quantitative estimate of drug-likeness (QED) is 0.0190. The predicted molar refractivity (Wildman–Crippen MR) is 446 cm³/mol. The third-order valence-corrected chi connectivity index (χ3v) is 21.4. The summed E-state index contributed by atoms with van der Waals surface area (Å²) >= 11 is 0. The van der Waals surface area contributed by atoms with Crippen LogP contribution >= 0.6 is 0 Å². The summed E-state index contributed by atoms with van der Waals surface area (Å²) in [6.45, 7) is 20.6. The lowest BCUT2D eigenvalue weighted by Gasteiger charge is -2.19. The van der Waals surface area contributed by atoms with E-state index < -0.39 is 23.9 Å². The van der Waals surface area contributed by atoms with Crippen LogP contribution in [0.15, 0.2) is 173 Å². The van der Waals surface area contributed by atoms with E-state index in [1.54, 1.807) is 114 Å². The largest absolute Gasteiger partial charge is 0.396 e. The molecule has 0 radical (unpaired) electrons. The lowest BCUT2D eigenvalue weighted by Crippen LogP contribution is -2.34. The van der Waals surface area contributed by atoms with Gasteiger partial charge in [0.25, 0.3) is 0 Å². The average Bonchev–Trinajstić information content (AvgIpc) is 1.65. The second-order valence-electron chi connectivity index (χ2n) is 30.1. The highest BCUT2D eigenvalue weighted by atomic mass is 16.3. The number of aliphatic hydroxyl groups excluding tert-OH is 7. The molecule has 0 aliphatic carbocycles. The molecule has 0 aliphatic heterocycles. The summed E-state index contributed by atoms with van der Waals surface area (Å²) in [5.74, 6) is -0.245. The van der Waals surface area contributed by atoms with Crippen LogP contribution in [0.1, 0.15) is 145 Å². The summed E-state index contributed by atoms with van der Waals surface area (Å²) < 4.78 is 21.8. The van der Waals surface area contributed by atoms with E-state index in [0.29, 0.717) is 42.1 Å². The molecule has 119 heavy (non-hydrogen) atoms. The Balaban J connectivity index is 0.000000137. The van der Waals surface area contributed by atoms with Gasteiger partial charge in [-0.25, -0.2) is 38.0 Å². The standard InChI is InChI=1S/3C21H27N7O2.C20H25N7O2/c1-4-17(5-2)27-11-16(9-24-27)20-19-6-7-22-28(19)12-18(25-20)15-8-23-26(10-15)13-21(3,30)14-29;1-4-17(5-2)27-11-16(9-24-27)21-19-6-7-22-28(19)12-18(25-21)15-8-23-26(10-15)13-20(30)14(3)29;1-3-18(4-2)27-11-17(8-24-27)21-20-5-6-22-28(20)12-19(25-21)16-7-23-26(10-16)9-15(13-29)14-30;1-3-16(4-2)26-10-15(8-23-26)20-19-5-6-21-27(19)12-18(24-20)14-7-22-25(9-14)11-17(29)13-28/h6-12,17,29-30H,4-5,13-14H2,1-3H3;6-12,14,17,20,29-30H,4-5,13H2,1-3H3;5-8,10-12,15,18,29-30H,3-4,9,13-14H2,1-2H3;5-10,12,16-17,28-29H,3-4,11,13H2,1-2H3/t;14-,20-;;/m.1../s1. The van der Waals surface area contributed by atoms with Gasteiger partial charge in [-0.15, -0.1) is 0 Å². The van der Waals surface area contributed by atoms with Crippen molar-refractivity contribution < 1.29 is 40.9 Å². The first-order valence-corrected chi connectivity index (χ1v) is 40.6. The van der Waals surface area contributed by atoms with Gasteiger partial charge in [0.1, 0.15) is 5.60 Å². The Morgan fingerprint density at radius 3 is 0.882 bits per heavy atom. The van der Waals surface area contributed by atoms with Crippen molar-refractivity contribution in [2.75, 3.05) is 26.4 Å². The van der Waals surface area contributed by atoms with Gasteiger partial charge >= 0.3 is 0 Å². The van der Waals surface area contributed by atoms with Crippen LogP contribution in [0.3, 0.4) is 0 Å². The molecule has 0 saturated heterocycles. The van der Waals surface area contributed by atoms with E-state index in [1.807, 2.05) is 128 Å². The SMILES string of the molecule is CCC(CC)n1cc(-c2nc(-c3cnn(CC(C)(O)CO)c3)cn3nccc23)cn1.CCC(CC)n1cc(-c2nc(-c3cnn(CC(CO)CO)c3)cn3nccc23)cn1.CCC(CC)n1cc(-c2nc(-c3cnn(CC(O)CO)c3)cn3nccc23)cn1.CCC(CC)n1cc(-c2nc(-c3cnn(C[C@@H](O)[C@@H](C)O)c3)cn3nccc23)cn1. The Kier molecular flexibility index (Phi) is 27.4. The zero-order valence-corrected chi connectivity index (χ0v) is 68.7. The molecule has 0 bridgehead atoms. The minimum atomic E-state index is -1.24. The molecule has 0 aliphatic rings. The van der Waals surface area contributed by atoms with Gasteiger partial charge in [0, 0.05) is 120 Å². The van der Waals surface area contributed by atoms with Gasteiger partial charge in [0.2, 0.25) is 0 Å². The smallest absolute Gasteiger partial charge is 0.104 e. The van der Waals surface area contributed by atoms with Crippen molar-refractivity contribution in [2.45, 2.75) is 195 Å². The number of hydrogen-bond donors (Lipinski definition) is 8. The van der Waals surface area contributed by atoms with E-state index in [4.69, 9.17) is 25.0 Å². The van der Waals surface area contributed by atoms with Crippen LogP contribution in [-0.4, -0.2) is 228 Å². The maximum absolute atomic E-state index is 10.1. The Hall–Kier alpha value is -12.2. The van der Waals surface area contributed by atoms with Gasteiger partial charge in [-0.1, -0.05) is 55.4 Å². The van der Waals surface area contributed by atoms with Crippen molar-refractivity contribution in [1.82, 2.24) is 137 Å². The minimum absolute atomic E-state index is 0.0894. The summed E-state index contributed by atoms with van der Waals surface area (Å²) in [6.07, 6.45) is 49.7.